The summed E-state index contributed by atoms with van der Waals surface area (Å²) in [6.45, 7) is 8.06. The number of carboxylic acids is 1. The number of halogens is 3. The third-order valence-corrected chi connectivity index (χ3v) is 7.65. The van der Waals surface area contributed by atoms with Crippen LogP contribution in [0.4, 0.5) is 13.2 Å². The van der Waals surface area contributed by atoms with Crippen LogP contribution in [-0.4, -0.2) is 55.2 Å². The molecule has 1 saturated carbocycles. The molecule has 1 unspecified atom stereocenters. The predicted molar refractivity (Wildman–Crippen MR) is 136 cm³/mol. The van der Waals surface area contributed by atoms with Crippen molar-refractivity contribution in [2.75, 3.05) is 13.1 Å². The number of benzene rings is 1. The molecule has 12 heteroatoms. The van der Waals surface area contributed by atoms with Crippen LogP contribution in [-0.2, 0) is 35.8 Å². The van der Waals surface area contributed by atoms with E-state index in [-0.39, 0.29) is 6.61 Å². The molecule has 2 aromatic rings. The fraction of sp³-hybridized carbons (Fsp3) is 0.630. The van der Waals surface area contributed by atoms with Gasteiger partial charge in [-0.3, -0.25) is 19.1 Å². The predicted octanol–water partition coefficient (Wildman–Crippen LogP) is 3.41. The highest BCUT2D eigenvalue weighted by molar-refractivity contribution is 5.73. The summed E-state index contributed by atoms with van der Waals surface area (Å²) in [4.78, 5) is 37.1. The standard InChI is InChI=1S/C25H34N4O3.C2HF3O2/c1-18-10-19(2)12-21(11-18)13-27-9-8-25(16-27)17-28-22(15-32-25)26-29(24(31)23(28)30)14-20-6-4-3-5-7-20;3-2(4,5)1(6)7/h10-12,20H,3-9,13-17H2,1-2H3;(H,6,7). The molecule has 1 spiro atoms. The van der Waals surface area contributed by atoms with Crippen LogP contribution < -0.4 is 11.1 Å². The molecule has 1 aromatic heterocycles. The van der Waals surface area contributed by atoms with Gasteiger partial charge in [-0.2, -0.15) is 18.3 Å². The van der Waals surface area contributed by atoms with Crippen LogP contribution in [0, 0.1) is 19.8 Å². The molecular formula is C27H35F3N4O5. The SMILES string of the molecule is Cc1cc(C)cc(CN2CCC3(C2)Cn2c(nn(CC4CCCCC4)c(=O)c2=O)CO3)c1.O=C(O)C(F)(F)F. The molecular weight excluding hydrogens is 517 g/mol. The molecule has 0 radical (unpaired) electrons. The number of carboxylic acid groups (broad SMARTS) is 1. The number of aryl methyl sites for hydroxylation is 2. The number of hydrogen-bond acceptors (Lipinski definition) is 6. The van der Waals surface area contributed by atoms with E-state index in [1.165, 1.54) is 40.6 Å². The molecule has 1 aliphatic carbocycles. The van der Waals surface area contributed by atoms with Crippen LogP contribution in [0.5, 0.6) is 0 Å². The van der Waals surface area contributed by atoms with Crippen LogP contribution >= 0.6 is 0 Å². The van der Waals surface area contributed by atoms with Gasteiger partial charge >= 0.3 is 23.3 Å². The van der Waals surface area contributed by atoms with Gasteiger partial charge in [-0.05, 0) is 44.6 Å². The lowest BCUT2D eigenvalue weighted by Crippen LogP contribution is -2.53. The molecule has 1 aromatic carbocycles. The average Bonchev–Trinajstić information content (AvgIpc) is 3.24. The summed E-state index contributed by atoms with van der Waals surface area (Å²) in [6, 6.07) is 6.66. The third-order valence-electron chi connectivity index (χ3n) is 7.65. The highest BCUT2D eigenvalue weighted by Crippen LogP contribution is 2.32. The van der Waals surface area contributed by atoms with E-state index in [1.807, 2.05) is 0 Å². The van der Waals surface area contributed by atoms with Gasteiger partial charge in [0, 0.05) is 26.2 Å². The Hall–Kier alpha value is -2.99. The lowest BCUT2D eigenvalue weighted by Gasteiger charge is -2.35. The fourth-order valence-corrected chi connectivity index (χ4v) is 5.87. The summed E-state index contributed by atoms with van der Waals surface area (Å²) in [5.74, 6) is -1.72. The molecule has 2 aliphatic heterocycles. The molecule has 3 heterocycles. The summed E-state index contributed by atoms with van der Waals surface area (Å²) in [6.07, 6.45) is 1.67. The summed E-state index contributed by atoms with van der Waals surface area (Å²) in [5, 5.41) is 11.7. The molecule has 0 bridgehead atoms. The van der Waals surface area contributed by atoms with Crippen molar-refractivity contribution in [1.82, 2.24) is 19.2 Å². The Labute approximate surface area is 224 Å². The Kier molecular flexibility index (Phi) is 8.65. The van der Waals surface area contributed by atoms with Crippen LogP contribution in [0.2, 0.25) is 0 Å². The maximum absolute atomic E-state index is 13.0. The highest BCUT2D eigenvalue weighted by Gasteiger charge is 2.43. The molecule has 0 amide bonds. The first kappa shape index (κ1) is 29.0. The van der Waals surface area contributed by atoms with Gasteiger partial charge in [0.2, 0.25) is 0 Å². The molecule has 39 heavy (non-hydrogen) atoms. The largest absolute Gasteiger partial charge is 0.490 e. The maximum Gasteiger partial charge on any atom is 0.490 e. The van der Waals surface area contributed by atoms with Crippen molar-refractivity contribution in [3.8, 4) is 0 Å². The number of likely N-dealkylation sites (tertiary alicyclic amines) is 1. The van der Waals surface area contributed by atoms with Crippen molar-refractivity contribution >= 4 is 5.97 Å². The zero-order chi connectivity index (χ0) is 28.4. The molecule has 9 nitrogen and oxygen atoms in total. The van der Waals surface area contributed by atoms with Crippen molar-refractivity contribution < 1.29 is 27.8 Å². The quantitative estimate of drug-likeness (QED) is 0.580. The summed E-state index contributed by atoms with van der Waals surface area (Å²) in [7, 11) is 0. The number of nitrogens with zero attached hydrogens (tertiary/aromatic N) is 4. The van der Waals surface area contributed by atoms with Gasteiger partial charge in [0.1, 0.15) is 12.2 Å². The first-order valence-corrected chi connectivity index (χ1v) is 13.3. The first-order chi connectivity index (χ1) is 18.3. The van der Waals surface area contributed by atoms with E-state index in [0.717, 1.165) is 38.9 Å². The van der Waals surface area contributed by atoms with Crippen molar-refractivity contribution in [3.63, 3.8) is 0 Å². The van der Waals surface area contributed by atoms with E-state index >= 15 is 0 Å². The monoisotopic (exact) mass is 552 g/mol. The van der Waals surface area contributed by atoms with Gasteiger partial charge < -0.3 is 9.84 Å². The smallest absolute Gasteiger partial charge is 0.475 e. The van der Waals surface area contributed by atoms with Crippen LogP contribution in [0.3, 0.4) is 0 Å². The lowest BCUT2D eigenvalue weighted by molar-refractivity contribution is -0.192. The first-order valence-electron chi connectivity index (χ1n) is 13.3. The van der Waals surface area contributed by atoms with E-state index in [4.69, 9.17) is 14.6 Å². The number of carbonyl (C=O) groups is 1. The molecule has 5 rings (SSSR count). The number of fused-ring (bicyclic) bond motifs is 1. The summed E-state index contributed by atoms with van der Waals surface area (Å²) in [5.41, 5.74) is 2.51. The minimum absolute atomic E-state index is 0.289. The summed E-state index contributed by atoms with van der Waals surface area (Å²) >= 11 is 0. The van der Waals surface area contributed by atoms with E-state index in [2.05, 4.69) is 42.0 Å². The molecule has 1 N–H and O–H groups in total. The highest BCUT2D eigenvalue weighted by atomic mass is 19.4. The van der Waals surface area contributed by atoms with Crippen molar-refractivity contribution in [2.45, 2.75) is 90.4 Å². The Balaban J connectivity index is 0.000000448. The third kappa shape index (κ3) is 7.16. The van der Waals surface area contributed by atoms with Crippen molar-refractivity contribution in [3.05, 3.63) is 61.4 Å². The number of alkyl halides is 3. The minimum atomic E-state index is -5.08. The van der Waals surface area contributed by atoms with Gasteiger partial charge in [-0.25, -0.2) is 9.48 Å². The Morgan fingerprint density at radius 3 is 2.33 bits per heavy atom. The fourth-order valence-electron chi connectivity index (χ4n) is 5.87. The van der Waals surface area contributed by atoms with E-state index in [9.17, 15) is 22.8 Å². The summed E-state index contributed by atoms with van der Waals surface area (Å²) < 4.78 is 41.1. The van der Waals surface area contributed by atoms with Crippen molar-refractivity contribution in [2.24, 2.45) is 5.92 Å². The maximum atomic E-state index is 13.0. The Morgan fingerprint density at radius 2 is 1.72 bits per heavy atom. The Bertz CT molecular complexity index is 1300. The Morgan fingerprint density at radius 1 is 1.08 bits per heavy atom. The number of rotatable bonds is 4. The van der Waals surface area contributed by atoms with Gasteiger partial charge in [0.05, 0.1) is 6.54 Å². The van der Waals surface area contributed by atoms with Gasteiger partial charge in [-0.1, -0.05) is 48.6 Å². The van der Waals surface area contributed by atoms with Crippen molar-refractivity contribution in [1.29, 1.82) is 0 Å². The van der Waals surface area contributed by atoms with Crippen LogP contribution in [0.1, 0.15) is 61.0 Å². The second kappa shape index (κ2) is 11.6. The van der Waals surface area contributed by atoms with Gasteiger partial charge in [0.25, 0.3) is 0 Å². The molecule has 2 fully saturated rings. The average molecular weight is 553 g/mol. The number of hydrogen-bond donors (Lipinski definition) is 1. The lowest BCUT2D eigenvalue weighted by atomic mass is 9.89. The number of aromatic nitrogens is 3. The van der Waals surface area contributed by atoms with Crippen LogP contribution in [0.15, 0.2) is 27.8 Å². The number of ether oxygens (including phenoxy) is 1. The zero-order valence-corrected chi connectivity index (χ0v) is 22.3. The van der Waals surface area contributed by atoms with E-state index in [1.54, 1.807) is 4.57 Å². The van der Waals surface area contributed by atoms with E-state index < -0.39 is 28.9 Å². The van der Waals surface area contributed by atoms with Gasteiger partial charge in [0.15, 0.2) is 5.82 Å². The minimum Gasteiger partial charge on any atom is -0.475 e. The normalized spacial score (nSPS) is 21.9. The topological polar surface area (TPSA) is 107 Å². The molecule has 3 aliphatic rings. The van der Waals surface area contributed by atoms with Gasteiger partial charge in [-0.15, -0.1) is 0 Å². The zero-order valence-electron chi connectivity index (χ0n) is 22.3. The molecule has 214 valence electrons. The van der Waals surface area contributed by atoms with E-state index in [0.29, 0.717) is 24.8 Å². The second-order valence-electron chi connectivity index (χ2n) is 11.0. The van der Waals surface area contributed by atoms with Crippen LogP contribution in [0.25, 0.3) is 0 Å². The second-order valence-corrected chi connectivity index (χ2v) is 11.0. The molecule has 1 atom stereocenters. The number of aliphatic carboxylic acids is 1. The molecule has 1 saturated heterocycles.